The highest BCUT2D eigenvalue weighted by Crippen LogP contribution is 2.13. The molecule has 0 saturated heterocycles. The molecule has 0 heterocycles. The number of ether oxygens (including phenoxy) is 1. The predicted octanol–water partition coefficient (Wildman–Crippen LogP) is 1.56. The lowest BCUT2D eigenvalue weighted by Gasteiger charge is -2.20. The maximum atomic E-state index is 11.7. The van der Waals surface area contributed by atoms with Gasteiger partial charge in [0.15, 0.2) is 0 Å². The molecule has 2 nitrogen and oxygen atoms in total. The molecule has 0 spiro atoms. The van der Waals surface area contributed by atoms with Crippen LogP contribution in [0.2, 0.25) is 0 Å². The molecule has 1 N–H and O–H groups in total. The lowest BCUT2D eigenvalue weighted by molar-refractivity contribution is -0.127. The molecule has 0 aromatic heterocycles. The summed E-state index contributed by atoms with van der Waals surface area (Å²) in [6.07, 6.45) is -4.37. The van der Waals surface area contributed by atoms with Crippen molar-refractivity contribution in [3.05, 3.63) is 0 Å². The first-order valence-electron chi connectivity index (χ1n) is 3.69. The van der Waals surface area contributed by atoms with Gasteiger partial charge in [-0.1, -0.05) is 0 Å². The molecule has 12 heavy (non-hydrogen) atoms. The van der Waals surface area contributed by atoms with Gasteiger partial charge in [-0.3, -0.25) is 0 Å². The third-order valence-corrected chi connectivity index (χ3v) is 1.70. The summed E-state index contributed by atoms with van der Waals surface area (Å²) in [5.74, 6) is 0. The van der Waals surface area contributed by atoms with Crippen LogP contribution in [0, 0.1) is 0 Å². The summed E-state index contributed by atoms with van der Waals surface area (Å²) < 4.78 is 39.9. The number of methoxy groups -OCH3 is 1. The summed E-state index contributed by atoms with van der Waals surface area (Å²) in [5.41, 5.74) is 0. The molecule has 0 aromatic carbocycles. The Morgan fingerprint density at radius 1 is 1.33 bits per heavy atom. The highest BCUT2D eigenvalue weighted by Gasteiger charge is 2.28. The molecule has 5 heteroatoms. The van der Waals surface area contributed by atoms with Crippen LogP contribution >= 0.6 is 0 Å². The smallest absolute Gasteiger partial charge is 0.380 e. The molecular weight excluding hydrogens is 171 g/mol. The van der Waals surface area contributed by atoms with Crippen molar-refractivity contribution in [1.82, 2.24) is 5.32 Å². The van der Waals surface area contributed by atoms with Gasteiger partial charge in [0.05, 0.1) is 12.6 Å². The summed E-state index contributed by atoms with van der Waals surface area (Å²) in [4.78, 5) is 0. The van der Waals surface area contributed by atoms with Crippen LogP contribution in [0.1, 0.15) is 13.8 Å². The van der Waals surface area contributed by atoms with E-state index >= 15 is 0 Å². The van der Waals surface area contributed by atoms with Crippen LogP contribution < -0.4 is 5.32 Å². The molecule has 0 aromatic rings. The third kappa shape index (κ3) is 5.37. The number of hydrogen-bond acceptors (Lipinski definition) is 2. The van der Waals surface area contributed by atoms with Crippen molar-refractivity contribution < 1.29 is 17.9 Å². The monoisotopic (exact) mass is 185 g/mol. The van der Waals surface area contributed by atoms with Crippen LogP contribution in [-0.4, -0.2) is 32.0 Å². The van der Waals surface area contributed by atoms with E-state index in [1.807, 2.05) is 0 Å². The van der Waals surface area contributed by atoms with E-state index in [1.165, 1.54) is 7.11 Å². The molecule has 0 amide bonds. The van der Waals surface area contributed by atoms with Gasteiger partial charge < -0.3 is 10.1 Å². The van der Waals surface area contributed by atoms with Crippen LogP contribution in [0.25, 0.3) is 0 Å². The van der Waals surface area contributed by atoms with Crippen LogP contribution in [0.4, 0.5) is 13.2 Å². The number of rotatable bonds is 4. The van der Waals surface area contributed by atoms with Gasteiger partial charge in [0, 0.05) is 13.2 Å². The summed E-state index contributed by atoms with van der Waals surface area (Å²) in [6.45, 7) is 2.40. The van der Waals surface area contributed by atoms with Crippen LogP contribution in [0.3, 0.4) is 0 Å². The van der Waals surface area contributed by atoms with Crippen molar-refractivity contribution in [2.75, 3.05) is 13.7 Å². The number of halogens is 3. The van der Waals surface area contributed by atoms with Crippen molar-refractivity contribution in [1.29, 1.82) is 0 Å². The molecule has 2 unspecified atom stereocenters. The highest BCUT2D eigenvalue weighted by atomic mass is 19.4. The Bertz CT molecular complexity index is 126. The number of alkyl halides is 3. The molecule has 0 aliphatic heterocycles. The van der Waals surface area contributed by atoms with Crippen LogP contribution in [0.5, 0.6) is 0 Å². The average molecular weight is 185 g/mol. The second kappa shape index (κ2) is 4.67. The minimum absolute atomic E-state index is 0.215. The molecule has 0 radical (unpaired) electrons. The maximum Gasteiger partial charge on any atom is 0.401 e. The minimum Gasteiger partial charge on any atom is -0.380 e. The van der Waals surface area contributed by atoms with Gasteiger partial charge in [-0.25, -0.2) is 0 Å². The molecule has 0 aliphatic rings. The van der Waals surface area contributed by atoms with Gasteiger partial charge in [0.1, 0.15) is 0 Å². The van der Waals surface area contributed by atoms with Gasteiger partial charge in [0.2, 0.25) is 0 Å². The van der Waals surface area contributed by atoms with Gasteiger partial charge in [-0.2, -0.15) is 13.2 Å². The first-order valence-corrected chi connectivity index (χ1v) is 3.69. The van der Waals surface area contributed by atoms with E-state index in [9.17, 15) is 13.2 Å². The van der Waals surface area contributed by atoms with E-state index in [-0.39, 0.29) is 12.1 Å². The number of hydrogen-bond donors (Lipinski definition) is 1. The van der Waals surface area contributed by atoms with Gasteiger partial charge in [-0.05, 0) is 13.8 Å². The SMILES string of the molecule is COC(C)C(C)NCC(F)(F)F. The quantitative estimate of drug-likeness (QED) is 0.717. The van der Waals surface area contributed by atoms with Crippen molar-refractivity contribution in [3.63, 3.8) is 0 Å². The fourth-order valence-corrected chi connectivity index (χ4v) is 0.647. The van der Waals surface area contributed by atoms with Crippen molar-refractivity contribution in [3.8, 4) is 0 Å². The molecular formula is C7H14F3NO. The Morgan fingerprint density at radius 2 is 1.83 bits per heavy atom. The van der Waals surface area contributed by atoms with Crippen molar-refractivity contribution in [2.24, 2.45) is 0 Å². The van der Waals surface area contributed by atoms with Gasteiger partial charge in [-0.15, -0.1) is 0 Å². The summed E-state index contributed by atoms with van der Waals surface area (Å²) in [5, 5.41) is 2.32. The molecule has 74 valence electrons. The Hall–Kier alpha value is -0.290. The molecule has 0 saturated carbocycles. The Balaban J connectivity index is 3.64. The van der Waals surface area contributed by atoms with E-state index in [2.05, 4.69) is 5.32 Å². The summed E-state index contributed by atoms with van der Waals surface area (Å²) >= 11 is 0. The van der Waals surface area contributed by atoms with Crippen LogP contribution in [0.15, 0.2) is 0 Å². The van der Waals surface area contributed by atoms with Crippen molar-refractivity contribution in [2.45, 2.75) is 32.2 Å². The molecule has 0 fully saturated rings. The average Bonchev–Trinajstić information content (AvgIpc) is 1.97. The largest absolute Gasteiger partial charge is 0.401 e. The highest BCUT2D eigenvalue weighted by molar-refractivity contribution is 4.69. The lowest BCUT2D eigenvalue weighted by atomic mass is 10.2. The minimum atomic E-state index is -4.15. The Kier molecular flexibility index (Phi) is 4.55. The summed E-state index contributed by atoms with van der Waals surface area (Å²) in [6, 6.07) is -0.295. The zero-order valence-corrected chi connectivity index (χ0v) is 7.40. The molecule has 0 aliphatic carbocycles. The topological polar surface area (TPSA) is 21.3 Å². The fourth-order valence-electron chi connectivity index (χ4n) is 0.647. The van der Waals surface area contributed by atoms with Crippen molar-refractivity contribution >= 4 is 0 Å². The predicted molar refractivity (Wildman–Crippen MR) is 40.0 cm³/mol. The second-order valence-electron chi connectivity index (χ2n) is 2.73. The zero-order valence-electron chi connectivity index (χ0n) is 7.40. The molecule has 0 bridgehead atoms. The van der Waals surface area contributed by atoms with E-state index in [0.29, 0.717) is 0 Å². The normalized spacial score (nSPS) is 17.5. The zero-order chi connectivity index (χ0) is 9.78. The first kappa shape index (κ1) is 11.7. The number of nitrogens with one attached hydrogen (secondary N) is 1. The lowest BCUT2D eigenvalue weighted by Crippen LogP contribution is -2.41. The standard InChI is InChI=1S/C7H14F3NO/c1-5(6(2)12-3)11-4-7(8,9)10/h5-6,11H,4H2,1-3H3. The second-order valence-corrected chi connectivity index (χ2v) is 2.73. The maximum absolute atomic E-state index is 11.7. The fraction of sp³-hybridized carbons (Fsp3) is 1.00. The van der Waals surface area contributed by atoms with E-state index in [1.54, 1.807) is 13.8 Å². The van der Waals surface area contributed by atoms with E-state index in [4.69, 9.17) is 4.74 Å². The Labute approximate surface area is 70.1 Å². The van der Waals surface area contributed by atoms with E-state index in [0.717, 1.165) is 0 Å². The van der Waals surface area contributed by atoms with E-state index < -0.39 is 12.7 Å². The Morgan fingerprint density at radius 3 is 2.17 bits per heavy atom. The van der Waals surface area contributed by atoms with Crippen LogP contribution in [-0.2, 0) is 4.74 Å². The summed E-state index contributed by atoms with van der Waals surface area (Å²) in [7, 11) is 1.47. The third-order valence-electron chi connectivity index (χ3n) is 1.70. The van der Waals surface area contributed by atoms with Gasteiger partial charge in [0.25, 0.3) is 0 Å². The molecule has 0 rings (SSSR count). The van der Waals surface area contributed by atoms with Gasteiger partial charge >= 0.3 is 6.18 Å². The first-order chi connectivity index (χ1) is 5.37. The molecule has 2 atom stereocenters.